The van der Waals surface area contributed by atoms with Gasteiger partial charge in [0.25, 0.3) is 0 Å². The van der Waals surface area contributed by atoms with E-state index in [1.54, 1.807) is 13.8 Å². The third kappa shape index (κ3) is 3.19. The summed E-state index contributed by atoms with van der Waals surface area (Å²) < 4.78 is 10.2. The van der Waals surface area contributed by atoms with Crippen LogP contribution in [0.5, 0.6) is 11.5 Å². The Hall–Kier alpha value is -2.70. The van der Waals surface area contributed by atoms with Crippen LogP contribution in [0.2, 0.25) is 0 Å². The molecular weight excluding hydrogens is 262 g/mol. The van der Waals surface area contributed by atoms with Gasteiger partial charge in [0.15, 0.2) is 5.75 Å². The molecule has 0 aliphatic rings. The van der Waals surface area contributed by atoms with Gasteiger partial charge in [0, 0.05) is 6.07 Å². The van der Waals surface area contributed by atoms with Crippen LogP contribution < -0.4 is 10.3 Å². The number of aromatic amines is 1. The van der Waals surface area contributed by atoms with Crippen molar-refractivity contribution in [3.63, 3.8) is 0 Å². The number of carbonyl (C=O) groups is 1. The lowest BCUT2D eigenvalue weighted by Gasteiger charge is -2.05. The molecule has 0 aliphatic carbocycles. The van der Waals surface area contributed by atoms with Crippen LogP contribution in [-0.4, -0.2) is 27.8 Å². The second-order valence-electron chi connectivity index (χ2n) is 3.90. The summed E-state index contributed by atoms with van der Waals surface area (Å²) in [5, 5.41) is 6.05. The number of nitrogens with one attached hydrogen (secondary N) is 1. The Labute approximate surface area is 114 Å². The fourth-order valence-corrected chi connectivity index (χ4v) is 1.45. The van der Waals surface area contributed by atoms with E-state index < -0.39 is 11.5 Å². The molecule has 0 saturated heterocycles. The van der Waals surface area contributed by atoms with Crippen LogP contribution in [0.25, 0.3) is 0 Å². The van der Waals surface area contributed by atoms with Gasteiger partial charge in [0.2, 0.25) is 0 Å². The number of aromatic nitrogens is 3. The summed E-state index contributed by atoms with van der Waals surface area (Å²) in [4.78, 5) is 26.8. The molecule has 7 heteroatoms. The SMILES string of the molecule is CCOC(=O)c1ccc(Oc2cc(C)n[nH]c2=O)cn1. The summed E-state index contributed by atoms with van der Waals surface area (Å²) in [7, 11) is 0. The van der Waals surface area contributed by atoms with Crippen molar-refractivity contribution in [2.75, 3.05) is 6.61 Å². The van der Waals surface area contributed by atoms with E-state index in [9.17, 15) is 9.59 Å². The summed E-state index contributed by atoms with van der Waals surface area (Å²) in [6.07, 6.45) is 1.35. The minimum atomic E-state index is -0.503. The lowest BCUT2D eigenvalue weighted by Crippen LogP contribution is -2.11. The molecule has 20 heavy (non-hydrogen) atoms. The van der Waals surface area contributed by atoms with Crippen molar-refractivity contribution in [2.24, 2.45) is 0 Å². The first-order chi connectivity index (χ1) is 9.60. The molecule has 0 spiro atoms. The Morgan fingerprint density at radius 3 is 2.85 bits per heavy atom. The maximum Gasteiger partial charge on any atom is 0.356 e. The maximum absolute atomic E-state index is 11.5. The molecule has 2 aromatic rings. The number of hydrogen-bond acceptors (Lipinski definition) is 6. The van der Waals surface area contributed by atoms with Gasteiger partial charge in [-0.3, -0.25) is 4.79 Å². The number of pyridine rings is 1. The van der Waals surface area contributed by atoms with Crippen LogP contribution in [-0.2, 0) is 4.74 Å². The predicted octanol–water partition coefficient (Wildman–Crippen LogP) is 1.44. The van der Waals surface area contributed by atoms with Crippen LogP contribution in [0, 0.1) is 6.92 Å². The first-order valence-corrected chi connectivity index (χ1v) is 5.97. The van der Waals surface area contributed by atoms with Crippen molar-refractivity contribution in [1.29, 1.82) is 0 Å². The molecular formula is C13H13N3O4. The second kappa shape index (κ2) is 5.96. The van der Waals surface area contributed by atoms with Gasteiger partial charge in [-0.1, -0.05) is 0 Å². The summed E-state index contributed by atoms with van der Waals surface area (Å²) in [5.74, 6) is -0.0472. The minimum Gasteiger partial charge on any atom is -0.461 e. The Morgan fingerprint density at radius 1 is 1.40 bits per heavy atom. The van der Waals surface area contributed by atoms with Crippen LogP contribution in [0.3, 0.4) is 0 Å². The summed E-state index contributed by atoms with van der Waals surface area (Å²) >= 11 is 0. The van der Waals surface area contributed by atoms with Gasteiger partial charge in [0.05, 0.1) is 18.5 Å². The topological polar surface area (TPSA) is 94.2 Å². The highest BCUT2D eigenvalue weighted by atomic mass is 16.5. The van der Waals surface area contributed by atoms with Crippen molar-refractivity contribution < 1.29 is 14.3 Å². The molecule has 0 saturated carbocycles. The molecule has 2 heterocycles. The van der Waals surface area contributed by atoms with Crippen LogP contribution in [0.15, 0.2) is 29.2 Å². The van der Waals surface area contributed by atoms with E-state index in [2.05, 4.69) is 15.2 Å². The number of H-pyrrole nitrogens is 1. The smallest absolute Gasteiger partial charge is 0.356 e. The molecule has 7 nitrogen and oxygen atoms in total. The van der Waals surface area contributed by atoms with Crippen LogP contribution in [0.4, 0.5) is 0 Å². The van der Waals surface area contributed by atoms with E-state index in [0.29, 0.717) is 11.4 Å². The number of aryl methyl sites for hydroxylation is 1. The fourth-order valence-electron chi connectivity index (χ4n) is 1.45. The molecule has 0 bridgehead atoms. The number of ether oxygens (including phenoxy) is 2. The third-order valence-electron chi connectivity index (χ3n) is 2.35. The van der Waals surface area contributed by atoms with E-state index >= 15 is 0 Å². The lowest BCUT2D eigenvalue weighted by atomic mass is 10.3. The van der Waals surface area contributed by atoms with Crippen LogP contribution in [0.1, 0.15) is 23.1 Å². The zero-order chi connectivity index (χ0) is 14.5. The van der Waals surface area contributed by atoms with Crippen molar-refractivity contribution in [3.8, 4) is 11.5 Å². The Morgan fingerprint density at radius 2 is 2.20 bits per heavy atom. The molecule has 0 unspecified atom stereocenters. The highest BCUT2D eigenvalue weighted by Gasteiger charge is 2.09. The van der Waals surface area contributed by atoms with Gasteiger partial charge in [-0.15, -0.1) is 0 Å². The highest BCUT2D eigenvalue weighted by Crippen LogP contribution is 2.17. The normalized spacial score (nSPS) is 10.1. The molecule has 0 radical (unpaired) electrons. The van der Waals surface area contributed by atoms with E-state index in [-0.39, 0.29) is 18.1 Å². The quantitative estimate of drug-likeness (QED) is 0.848. The van der Waals surface area contributed by atoms with E-state index in [1.165, 1.54) is 24.4 Å². The van der Waals surface area contributed by atoms with Gasteiger partial charge < -0.3 is 9.47 Å². The number of nitrogens with zero attached hydrogens (tertiary/aromatic N) is 2. The van der Waals surface area contributed by atoms with Gasteiger partial charge in [-0.25, -0.2) is 14.9 Å². The molecule has 0 atom stereocenters. The maximum atomic E-state index is 11.5. The summed E-state index contributed by atoms with van der Waals surface area (Å²) in [6.45, 7) is 3.72. The van der Waals surface area contributed by atoms with E-state index in [0.717, 1.165) is 0 Å². The molecule has 104 valence electrons. The van der Waals surface area contributed by atoms with Gasteiger partial charge in [-0.05, 0) is 26.0 Å². The molecule has 0 aromatic carbocycles. The average molecular weight is 275 g/mol. The standard InChI is InChI=1S/C13H13N3O4/c1-3-19-13(18)10-5-4-9(7-14-10)20-11-6-8(2)15-16-12(11)17/h4-7H,3H2,1-2H3,(H,16,17). The zero-order valence-corrected chi connectivity index (χ0v) is 11.0. The predicted molar refractivity (Wildman–Crippen MR) is 69.9 cm³/mol. The molecule has 0 aliphatic heterocycles. The first-order valence-electron chi connectivity index (χ1n) is 5.97. The number of rotatable bonds is 4. The van der Waals surface area contributed by atoms with Crippen molar-refractivity contribution >= 4 is 5.97 Å². The molecule has 2 rings (SSSR count). The van der Waals surface area contributed by atoms with Gasteiger partial charge in [0.1, 0.15) is 11.4 Å². The summed E-state index contributed by atoms with van der Waals surface area (Å²) in [6, 6.07) is 4.52. The number of carbonyl (C=O) groups excluding carboxylic acids is 1. The molecule has 1 N–H and O–H groups in total. The van der Waals surface area contributed by atoms with Gasteiger partial charge in [-0.2, -0.15) is 5.10 Å². The third-order valence-corrected chi connectivity index (χ3v) is 2.35. The average Bonchev–Trinajstić information content (AvgIpc) is 2.44. The fraction of sp³-hybridized carbons (Fsp3) is 0.231. The van der Waals surface area contributed by atoms with Crippen molar-refractivity contribution in [1.82, 2.24) is 15.2 Å². The van der Waals surface area contributed by atoms with Crippen molar-refractivity contribution in [3.05, 3.63) is 46.1 Å². The number of hydrogen-bond donors (Lipinski definition) is 1. The van der Waals surface area contributed by atoms with E-state index in [4.69, 9.17) is 9.47 Å². The Balaban J connectivity index is 2.17. The Bertz CT molecular complexity index is 664. The minimum absolute atomic E-state index is 0.114. The molecule has 2 aromatic heterocycles. The second-order valence-corrected chi connectivity index (χ2v) is 3.90. The first kappa shape index (κ1) is 13.7. The lowest BCUT2D eigenvalue weighted by molar-refractivity contribution is 0.0519. The highest BCUT2D eigenvalue weighted by molar-refractivity contribution is 5.87. The van der Waals surface area contributed by atoms with Crippen molar-refractivity contribution in [2.45, 2.75) is 13.8 Å². The largest absolute Gasteiger partial charge is 0.461 e. The Kier molecular flexibility index (Phi) is 4.09. The monoisotopic (exact) mass is 275 g/mol. The molecule has 0 fully saturated rings. The molecule has 0 amide bonds. The number of esters is 1. The van der Waals surface area contributed by atoms with Gasteiger partial charge >= 0.3 is 11.5 Å². The zero-order valence-electron chi connectivity index (χ0n) is 11.0. The van der Waals surface area contributed by atoms with Crippen LogP contribution >= 0.6 is 0 Å². The van der Waals surface area contributed by atoms with E-state index in [1.807, 2.05) is 0 Å². The summed E-state index contributed by atoms with van der Waals surface area (Å²) in [5.41, 5.74) is 0.361.